The van der Waals surface area contributed by atoms with Crippen LogP contribution in [0.5, 0.6) is 0 Å². The van der Waals surface area contributed by atoms with Crippen LogP contribution in [0.2, 0.25) is 0 Å². The van der Waals surface area contributed by atoms with Crippen molar-refractivity contribution in [3.63, 3.8) is 0 Å². The normalized spacial score (nSPS) is 22.9. The van der Waals surface area contributed by atoms with Gasteiger partial charge in [-0.25, -0.2) is 0 Å². The summed E-state index contributed by atoms with van der Waals surface area (Å²) in [4.78, 5) is 2.55. The number of likely N-dealkylation sites (tertiary alicyclic amines) is 1. The second-order valence-electron chi connectivity index (χ2n) is 6.04. The predicted molar refractivity (Wildman–Crippen MR) is 83.7 cm³/mol. The van der Waals surface area contributed by atoms with Crippen molar-refractivity contribution in [1.29, 1.82) is 0 Å². The van der Waals surface area contributed by atoms with E-state index in [0.29, 0.717) is 12.0 Å². The van der Waals surface area contributed by atoms with Gasteiger partial charge < -0.3 is 10.5 Å². The maximum absolute atomic E-state index is 6.43. The van der Waals surface area contributed by atoms with E-state index in [0.717, 1.165) is 26.1 Å². The van der Waals surface area contributed by atoms with Crippen LogP contribution in [0.1, 0.15) is 36.9 Å². The van der Waals surface area contributed by atoms with Gasteiger partial charge in [-0.2, -0.15) is 0 Å². The summed E-state index contributed by atoms with van der Waals surface area (Å²) in [6.07, 6.45) is 2.22. The third-order valence-corrected chi connectivity index (χ3v) is 4.37. The second kappa shape index (κ2) is 7.21. The van der Waals surface area contributed by atoms with Gasteiger partial charge in [0.05, 0.1) is 6.61 Å². The van der Waals surface area contributed by atoms with Crippen molar-refractivity contribution in [2.24, 2.45) is 11.7 Å². The number of rotatable bonds is 6. The number of ether oxygens (including phenoxy) is 1. The molecule has 0 radical (unpaired) electrons. The lowest BCUT2D eigenvalue weighted by molar-refractivity contribution is 0.142. The Hall–Kier alpha value is -0.900. The zero-order chi connectivity index (χ0) is 14.5. The molecular formula is C17H28N2O. The molecule has 1 aromatic rings. The Morgan fingerprint density at radius 2 is 2.25 bits per heavy atom. The number of hydrogen-bond donors (Lipinski definition) is 1. The molecule has 1 saturated heterocycles. The van der Waals surface area contributed by atoms with E-state index in [9.17, 15) is 0 Å². The predicted octanol–water partition coefficient (Wildman–Crippen LogP) is 2.74. The van der Waals surface area contributed by atoms with Crippen LogP contribution in [0.25, 0.3) is 0 Å². The summed E-state index contributed by atoms with van der Waals surface area (Å²) in [6.45, 7) is 7.41. The average Bonchev–Trinajstić information content (AvgIpc) is 2.87. The molecule has 1 aliphatic heterocycles. The summed E-state index contributed by atoms with van der Waals surface area (Å²) in [5.74, 6) is 0.649. The third-order valence-electron chi connectivity index (χ3n) is 4.37. The third kappa shape index (κ3) is 3.60. The van der Waals surface area contributed by atoms with E-state index >= 15 is 0 Å². The van der Waals surface area contributed by atoms with E-state index in [-0.39, 0.29) is 6.04 Å². The van der Waals surface area contributed by atoms with Gasteiger partial charge >= 0.3 is 0 Å². The van der Waals surface area contributed by atoms with Crippen LogP contribution in [0, 0.1) is 12.8 Å². The molecule has 0 aromatic heterocycles. The molecule has 1 aliphatic rings. The largest absolute Gasteiger partial charge is 0.384 e. The molecule has 0 amide bonds. The first kappa shape index (κ1) is 15.5. The second-order valence-corrected chi connectivity index (χ2v) is 6.04. The van der Waals surface area contributed by atoms with Crippen molar-refractivity contribution in [1.82, 2.24) is 4.90 Å². The van der Waals surface area contributed by atoms with Crippen LogP contribution < -0.4 is 5.73 Å². The van der Waals surface area contributed by atoms with E-state index in [1.807, 2.05) is 0 Å². The summed E-state index contributed by atoms with van der Waals surface area (Å²) in [6, 6.07) is 9.32. The number of nitrogens with two attached hydrogens (primary N) is 1. The number of aryl methyl sites for hydroxylation is 1. The molecule has 0 bridgehead atoms. The lowest BCUT2D eigenvalue weighted by Crippen LogP contribution is -2.40. The van der Waals surface area contributed by atoms with E-state index < -0.39 is 0 Å². The Bertz CT molecular complexity index is 421. The van der Waals surface area contributed by atoms with Crippen molar-refractivity contribution in [2.75, 3.05) is 26.8 Å². The van der Waals surface area contributed by atoms with Crippen LogP contribution in [-0.4, -0.2) is 37.7 Å². The quantitative estimate of drug-likeness (QED) is 0.868. The van der Waals surface area contributed by atoms with Gasteiger partial charge in [0.1, 0.15) is 0 Å². The molecule has 1 aromatic carbocycles. The van der Waals surface area contributed by atoms with Gasteiger partial charge in [-0.05, 0) is 37.8 Å². The molecule has 1 fully saturated rings. The molecule has 0 saturated carbocycles. The van der Waals surface area contributed by atoms with Gasteiger partial charge in [0, 0.05) is 25.7 Å². The SMILES string of the molecule is CCC(N)C(c1cccc(C)c1)N1CCC(COC)C1. The van der Waals surface area contributed by atoms with E-state index in [1.165, 1.54) is 17.5 Å². The summed E-state index contributed by atoms with van der Waals surface area (Å²) < 4.78 is 5.31. The number of methoxy groups -OCH3 is 1. The fraction of sp³-hybridized carbons (Fsp3) is 0.647. The highest BCUT2D eigenvalue weighted by atomic mass is 16.5. The van der Waals surface area contributed by atoms with E-state index in [4.69, 9.17) is 10.5 Å². The first-order chi connectivity index (χ1) is 9.65. The monoisotopic (exact) mass is 276 g/mol. The fourth-order valence-electron chi connectivity index (χ4n) is 3.29. The average molecular weight is 276 g/mol. The highest BCUT2D eigenvalue weighted by Gasteiger charge is 2.32. The summed E-state index contributed by atoms with van der Waals surface area (Å²) in [7, 11) is 1.79. The van der Waals surface area contributed by atoms with Crippen LogP contribution in [0.15, 0.2) is 24.3 Å². The Morgan fingerprint density at radius 3 is 2.90 bits per heavy atom. The number of hydrogen-bond acceptors (Lipinski definition) is 3. The maximum Gasteiger partial charge on any atom is 0.0503 e. The molecule has 3 nitrogen and oxygen atoms in total. The molecule has 1 heterocycles. The molecule has 2 N–H and O–H groups in total. The lowest BCUT2D eigenvalue weighted by atomic mass is 9.95. The van der Waals surface area contributed by atoms with Gasteiger partial charge in [-0.15, -0.1) is 0 Å². The molecule has 0 aliphatic carbocycles. The minimum absolute atomic E-state index is 0.193. The summed E-state index contributed by atoms with van der Waals surface area (Å²) >= 11 is 0. The number of benzene rings is 1. The van der Waals surface area contributed by atoms with Crippen molar-refractivity contribution in [3.8, 4) is 0 Å². The van der Waals surface area contributed by atoms with Crippen molar-refractivity contribution in [2.45, 2.75) is 38.8 Å². The Morgan fingerprint density at radius 1 is 1.45 bits per heavy atom. The fourth-order valence-corrected chi connectivity index (χ4v) is 3.29. The molecule has 3 atom stereocenters. The van der Waals surface area contributed by atoms with Crippen molar-refractivity contribution >= 4 is 0 Å². The van der Waals surface area contributed by atoms with Crippen LogP contribution in [0.4, 0.5) is 0 Å². The standard InChI is InChI=1S/C17H28N2O/c1-4-16(18)17(15-7-5-6-13(2)10-15)19-9-8-14(11-19)12-20-3/h5-7,10,14,16-17H,4,8-9,11-12,18H2,1-3H3. The first-order valence-corrected chi connectivity index (χ1v) is 7.70. The highest BCUT2D eigenvalue weighted by molar-refractivity contribution is 5.26. The zero-order valence-electron chi connectivity index (χ0n) is 13.0. The molecular weight excluding hydrogens is 248 g/mol. The van der Waals surface area contributed by atoms with Gasteiger partial charge in [0.2, 0.25) is 0 Å². The lowest BCUT2D eigenvalue weighted by Gasteiger charge is -2.33. The van der Waals surface area contributed by atoms with Crippen LogP contribution in [-0.2, 0) is 4.74 Å². The zero-order valence-corrected chi connectivity index (χ0v) is 13.0. The maximum atomic E-state index is 6.43. The highest BCUT2D eigenvalue weighted by Crippen LogP contribution is 2.31. The minimum atomic E-state index is 0.193. The molecule has 3 heteroatoms. The van der Waals surface area contributed by atoms with E-state index in [1.54, 1.807) is 7.11 Å². The van der Waals surface area contributed by atoms with Crippen molar-refractivity contribution in [3.05, 3.63) is 35.4 Å². The Kier molecular flexibility index (Phi) is 5.58. The topological polar surface area (TPSA) is 38.5 Å². The van der Waals surface area contributed by atoms with Gasteiger partial charge in [0.25, 0.3) is 0 Å². The molecule has 0 spiro atoms. The smallest absolute Gasteiger partial charge is 0.0503 e. The molecule has 20 heavy (non-hydrogen) atoms. The molecule has 3 unspecified atom stereocenters. The van der Waals surface area contributed by atoms with Gasteiger partial charge in [0.15, 0.2) is 0 Å². The minimum Gasteiger partial charge on any atom is -0.384 e. The Balaban J connectivity index is 2.16. The van der Waals surface area contributed by atoms with Crippen LogP contribution >= 0.6 is 0 Å². The summed E-state index contributed by atoms with van der Waals surface area (Å²) in [5, 5.41) is 0. The van der Waals surface area contributed by atoms with Crippen LogP contribution in [0.3, 0.4) is 0 Å². The first-order valence-electron chi connectivity index (χ1n) is 7.70. The summed E-state index contributed by atoms with van der Waals surface area (Å²) in [5.41, 5.74) is 9.09. The molecule has 2 rings (SSSR count). The van der Waals surface area contributed by atoms with Crippen molar-refractivity contribution < 1.29 is 4.74 Å². The van der Waals surface area contributed by atoms with Gasteiger partial charge in [-0.3, -0.25) is 4.90 Å². The van der Waals surface area contributed by atoms with Gasteiger partial charge in [-0.1, -0.05) is 36.8 Å². The number of nitrogens with zero attached hydrogens (tertiary/aromatic N) is 1. The molecule has 112 valence electrons. The Labute approximate surface area is 123 Å². The van der Waals surface area contributed by atoms with E-state index in [2.05, 4.69) is 43.0 Å².